The van der Waals surface area contributed by atoms with Gasteiger partial charge in [0.05, 0.1) is 24.7 Å². The van der Waals surface area contributed by atoms with Crippen molar-refractivity contribution in [3.05, 3.63) is 33.9 Å². The number of nitro groups is 1. The molecule has 0 amide bonds. The maximum atomic E-state index is 10.8. The molecule has 6 nitrogen and oxygen atoms in total. The van der Waals surface area contributed by atoms with E-state index >= 15 is 0 Å². The van der Waals surface area contributed by atoms with Crippen molar-refractivity contribution in [2.75, 3.05) is 25.1 Å². The molecule has 0 aromatic heterocycles. The van der Waals surface area contributed by atoms with Crippen molar-refractivity contribution in [1.29, 1.82) is 0 Å². The molecule has 0 atom stereocenters. The second kappa shape index (κ2) is 5.11. The van der Waals surface area contributed by atoms with Crippen LogP contribution < -0.4 is 5.32 Å². The van der Waals surface area contributed by atoms with Gasteiger partial charge in [0.25, 0.3) is 5.69 Å². The molecule has 1 aliphatic rings. The average molecular weight is 238 g/mol. The lowest BCUT2D eigenvalue weighted by atomic mass is 10.2. The van der Waals surface area contributed by atoms with Gasteiger partial charge in [0.15, 0.2) is 6.29 Å². The summed E-state index contributed by atoms with van der Waals surface area (Å²) in [6.45, 7) is 3.44. The number of ether oxygens (including phenoxy) is 2. The molecule has 0 radical (unpaired) electrons. The molecule has 1 saturated heterocycles. The smallest absolute Gasteiger partial charge is 0.292 e. The Morgan fingerprint density at radius 3 is 2.82 bits per heavy atom. The molecular formula is C11H14N2O4. The summed E-state index contributed by atoms with van der Waals surface area (Å²) < 4.78 is 10.5. The molecule has 0 unspecified atom stereocenters. The molecule has 0 aliphatic carbocycles. The fourth-order valence-corrected chi connectivity index (χ4v) is 1.67. The zero-order chi connectivity index (χ0) is 12.3. The van der Waals surface area contributed by atoms with E-state index in [2.05, 4.69) is 5.32 Å². The van der Waals surface area contributed by atoms with Crippen LogP contribution in [0.4, 0.5) is 11.4 Å². The van der Waals surface area contributed by atoms with E-state index < -0.39 is 4.92 Å². The summed E-state index contributed by atoms with van der Waals surface area (Å²) in [5.74, 6) is 0. The second-order valence-corrected chi connectivity index (χ2v) is 3.83. The monoisotopic (exact) mass is 238 g/mol. The number of hydrogen-bond donors (Lipinski definition) is 1. The average Bonchev–Trinajstić information content (AvgIpc) is 2.78. The highest BCUT2D eigenvalue weighted by atomic mass is 16.7. The van der Waals surface area contributed by atoms with Crippen molar-refractivity contribution in [2.24, 2.45) is 0 Å². The Kier molecular flexibility index (Phi) is 3.55. The molecule has 1 aromatic rings. The maximum Gasteiger partial charge on any atom is 0.292 e. The lowest BCUT2D eigenvalue weighted by Crippen LogP contribution is -2.20. The van der Waals surface area contributed by atoms with E-state index in [1.807, 2.05) is 6.92 Å². The van der Waals surface area contributed by atoms with Crippen LogP contribution in [-0.4, -0.2) is 31.0 Å². The van der Waals surface area contributed by atoms with Crippen LogP contribution in [0.1, 0.15) is 5.56 Å². The number of aryl methyl sites for hydroxylation is 1. The number of nitrogens with one attached hydrogen (secondary N) is 1. The third-order valence-corrected chi connectivity index (χ3v) is 2.50. The van der Waals surface area contributed by atoms with Gasteiger partial charge < -0.3 is 14.8 Å². The van der Waals surface area contributed by atoms with Gasteiger partial charge in [0, 0.05) is 6.07 Å². The van der Waals surface area contributed by atoms with Crippen molar-refractivity contribution in [3.63, 3.8) is 0 Å². The van der Waals surface area contributed by atoms with Crippen molar-refractivity contribution >= 4 is 11.4 Å². The van der Waals surface area contributed by atoms with Crippen LogP contribution >= 0.6 is 0 Å². The normalized spacial score (nSPS) is 16.1. The molecule has 92 valence electrons. The first kappa shape index (κ1) is 11.8. The van der Waals surface area contributed by atoms with Crippen molar-refractivity contribution < 1.29 is 14.4 Å². The highest BCUT2D eigenvalue weighted by Gasteiger charge is 2.18. The summed E-state index contributed by atoms with van der Waals surface area (Å²) in [5.41, 5.74) is 1.52. The van der Waals surface area contributed by atoms with Crippen LogP contribution in [0.5, 0.6) is 0 Å². The molecule has 0 spiro atoms. The highest BCUT2D eigenvalue weighted by molar-refractivity contribution is 5.62. The van der Waals surface area contributed by atoms with E-state index in [0.717, 1.165) is 5.56 Å². The Balaban J connectivity index is 2.07. The summed E-state index contributed by atoms with van der Waals surface area (Å²) in [4.78, 5) is 10.4. The molecule has 1 aliphatic heterocycles. The van der Waals surface area contributed by atoms with Gasteiger partial charge in [-0.2, -0.15) is 0 Å². The minimum Gasteiger partial charge on any atom is -0.374 e. The molecular weight excluding hydrogens is 224 g/mol. The van der Waals surface area contributed by atoms with Crippen LogP contribution in [0, 0.1) is 17.0 Å². The Labute approximate surface area is 98.7 Å². The summed E-state index contributed by atoms with van der Waals surface area (Å²) in [6.07, 6.45) is -0.324. The predicted octanol–water partition coefficient (Wildman–Crippen LogP) is 1.69. The first-order valence-corrected chi connectivity index (χ1v) is 5.39. The van der Waals surface area contributed by atoms with Gasteiger partial charge >= 0.3 is 0 Å². The molecule has 1 heterocycles. The number of hydrogen-bond acceptors (Lipinski definition) is 5. The summed E-state index contributed by atoms with van der Waals surface area (Å²) in [5, 5.41) is 13.8. The standard InChI is InChI=1S/C11H14N2O4/c1-8-2-3-10(13(14)15)9(6-8)12-7-11-16-4-5-17-11/h2-3,6,11-12H,4-5,7H2,1H3. The lowest BCUT2D eigenvalue weighted by Gasteiger charge is -2.12. The Morgan fingerprint density at radius 2 is 2.18 bits per heavy atom. The van der Waals surface area contributed by atoms with Crippen LogP contribution in [0.3, 0.4) is 0 Å². The van der Waals surface area contributed by atoms with E-state index in [1.54, 1.807) is 12.1 Å². The SMILES string of the molecule is Cc1ccc([N+](=O)[O-])c(NCC2OCCO2)c1. The van der Waals surface area contributed by atoms with Crippen molar-refractivity contribution in [1.82, 2.24) is 0 Å². The molecule has 6 heteroatoms. The molecule has 0 bridgehead atoms. The van der Waals surface area contributed by atoms with Crippen LogP contribution in [0.2, 0.25) is 0 Å². The Morgan fingerprint density at radius 1 is 1.47 bits per heavy atom. The third-order valence-electron chi connectivity index (χ3n) is 2.50. The van der Waals surface area contributed by atoms with Gasteiger partial charge in [-0.05, 0) is 18.6 Å². The first-order chi connectivity index (χ1) is 8.16. The number of nitro benzene ring substituents is 1. The van der Waals surface area contributed by atoms with Gasteiger partial charge in [-0.1, -0.05) is 6.07 Å². The van der Waals surface area contributed by atoms with E-state index in [9.17, 15) is 10.1 Å². The van der Waals surface area contributed by atoms with Gasteiger partial charge in [-0.25, -0.2) is 0 Å². The Hall–Kier alpha value is -1.66. The quantitative estimate of drug-likeness (QED) is 0.638. The first-order valence-electron chi connectivity index (χ1n) is 5.39. The van der Waals surface area contributed by atoms with Gasteiger partial charge in [-0.3, -0.25) is 10.1 Å². The van der Waals surface area contributed by atoms with E-state index in [0.29, 0.717) is 25.4 Å². The maximum absolute atomic E-state index is 10.8. The molecule has 1 fully saturated rings. The fraction of sp³-hybridized carbons (Fsp3) is 0.455. The summed E-state index contributed by atoms with van der Waals surface area (Å²) >= 11 is 0. The molecule has 1 N–H and O–H groups in total. The zero-order valence-corrected chi connectivity index (χ0v) is 9.51. The molecule has 2 rings (SSSR count). The van der Waals surface area contributed by atoms with E-state index in [-0.39, 0.29) is 12.0 Å². The lowest BCUT2D eigenvalue weighted by molar-refractivity contribution is -0.384. The number of anilines is 1. The van der Waals surface area contributed by atoms with Gasteiger partial charge in [0.1, 0.15) is 5.69 Å². The number of nitrogens with zero attached hydrogens (tertiary/aromatic N) is 1. The molecule has 0 saturated carbocycles. The van der Waals surface area contributed by atoms with Gasteiger partial charge in [0.2, 0.25) is 0 Å². The van der Waals surface area contributed by atoms with E-state index in [4.69, 9.17) is 9.47 Å². The minimum absolute atomic E-state index is 0.0635. The zero-order valence-electron chi connectivity index (χ0n) is 9.51. The molecule has 1 aromatic carbocycles. The van der Waals surface area contributed by atoms with E-state index in [1.165, 1.54) is 6.07 Å². The number of rotatable bonds is 4. The van der Waals surface area contributed by atoms with Gasteiger partial charge in [-0.15, -0.1) is 0 Å². The fourth-order valence-electron chi connectivity index (χ4n) is 1.67. The van der Waals surface area contributed by atoms with Crippen molar-refractivity contribution in [2.45, 2.75) is 13.2 Å². The minimum atomic E-state index is -0.405. The van der Waals surface area contributed by atoms with Crippen LogP contribution in [0.15, 0.2) is 18.2 Å². The predicted molar refractivity (Wildman–Crippen MR) is 62.0 cm³/mol. The number of benzene rings is 1. The Bertz CT molecular complexity index is 416. The third kappa shape index (κ3) is 2.92. The van der Waals surface area contributed by atoms with Crippen LogP contribution in [-0.2, 0) is 9.47 Å². The van der Waals surface area contributed by atoms with Crippen molar-refractivity contribution in [3.8, 4) is 0 Å². The highest BCUT2D eigenvalue weighted by Crippen LogP contribution is 2.25. The summed E-state index contributed by atoms with van der Waals surface area (Å²) in [7, 11) is 0. The molecule has 17 heavy (non-hydrogen) atoms. The largest absolute Gasteiger partial charge is 0.374 e. The topological polar surface area (TPSA) is 73.6 Å². The second-order valence-electron chi connectivity index (χ2n) is 3.83. The van der Waals surface area contributed by atoms with Crippen LogP contribution in [0.25, 0.3) is 0 Å². The summed E-state index contributed by atoms with van der Waals surface area (Å²) in [6, 6.07) is 4.95.